The quantitative estimate of drug-likeness (QED) is 0.746. The molecule has 2 unspecified atom stereocenters. The molecule has 2 aliphatic rings. The first-order valence-corrected chi connectivity index (χ1v) is 6.41. The average molecular weight is 308 g/mol. The maximum atomic E-state index is 12.5. The van der Waals surface area contributed by atoms with Crippen LogP contribution in [0.2, 0.25) is 0 Å². The molecule has 1 fully saturated rings. The van der Waals surface area contributed by atoms with Crippen LogP contribution in [0.15, 0.2) is 11.6 Å². The summed E-state index contributed by atoms with van der Waals surface area (Å²) in [5.74, 6) is -1.91. The molecule has 0 spiro atoms. The second-order valence-corrected chi connectivity index (χ2v) is 4.96. The van der Waals surface area contributed by atoms with Crippen LogP contribution in [-0.2, 0) is 9.53 Å². The molecule has 2 aliphatic heterocycles. The third-order valence-corrected chi connectivity index (χ3v) is 3.57. The van der Waals surface area contributed by atoms with Gasteiger partial charge in [0.2, 0.25) is 0 Å². The van der Waals surface area contributed by atoms with Gasteiger partial charge in [0.1, 0.15) is 5.92 Å². The number of carbonyl (C=O) groups is 2. The fourth-order valence-electron chi connectivity index (χ4n) is 2.30. The van der Waals surface area contributed by atoms with E-state index in [1.165, 1.54) is 4.90 Å². The molecule has 2 N–H and O–H groups in total. The van der Waals surface area contributed by atoms with E-state index >= 15 is 0 Å². The molecule has 0 bridgehead atoms. The van der Waals surface area contributed by atoms with Gasteiger partial charge in [-0.2, -0.15) is 13.2 Å². The number of nitrogens with zero attached hydrogens (tertiary/aromatic N) is 1. The van der Waals surface area contributed by atoms with Crippen molar-refractivity contribution in [2.45, 2.75) is 18.6 Å². The molecule has 0 radical (unpaired) electrons. The van der Waals surface area contributed by atoms with Crippen LogP contribution in [0.5, 0.6) is 0 Å². The predicted molar refractivity (Wildman–Crippen MR) is 64.6 cm³/mol. The number of carboxylic acids is 1. The Labute approximate surface area is 118 Å². The van der Waals surface area contributed by atoms with Gasteiger partial charge in [-0.1, -0.05) is 6.08 Å². The Morgan fingerprint density at radius 3 is 2.62 bits per heavy atom. The van der Waals surface area contributed by atoms with E-state index in [0.717, 1.165) is 6.08 Å². The minimum atomic E-state index is -4.36. The summed E-state index contributed by atoms with van der Waals surface area (Å²) < 4.78 is 42.4. The molecule has 2 heterocycles. The van der Waals surface area contributed by atoms with E-state index in [1.54, 1.807) is 0 Å². The van der Waals surface area contributed by atoms with Crippen LogP contribution >= 0.6 is 0 Å². The Morgan fingerprint density at radius 2 is 2.10 bits per heavy atom. The van der Waals surface area contributed by atoms with Gasteiger partial charge >= 0.3 is 18.2 Å². The van der Waals surface area contributed by atoms with Crippen molar-refractivity contribution >= 4 is 12.0 Å². The van der Waals surface area contributed by atoms with E-state index in [-0.39, 0.29) is 32.7 Å². The van der Waals surface area contributed by atoms with Crippen LogP contribution in [0.3, 0.4) is 0 Å². The van der Waals surface area contributed by atoms with E-state index in [4.69, 9.17) is 9.84 Å². The first-order valence-electron chi connectivity index (χ1n) is 6.41. The first-order chi connectivity index (χ1) is 9.79. The highest BCUT2D eigenvalue weighted by Crippen LogP contribution is 2.30. The molecule has 6 nitrogen and oxygen atoms in total. The summed E-state index contributed by atoms with van der Waals surface area (Å²) in [4.78, 5) is 24.1. The van der Waals surface area contributed by atoms with Crippen LogP contribution in [0.4, 0.5) is 18.0 Å². The minimum absolute atomic E-state index is 0.0123. The Bertz CT molecular complexity index is 464. The highest BCUT2D eigenvalue weighted by molar-refractivity contribution is 5.77. The van der Waals surface area contributed by atoms with Gasteiger partial charge in [-0.3, -0.25) is 4.79 Å². The zero-order valence-corrected chi connectivity index (χ0v) is 11.0. The summed E-state index contributed by atoms with van der Waals surface area (Å²) in [5.41, 5.74) is -0.640. The second-order valence-electron chi connectivity index (χ2n) is 4.96. The molecular weight excluding hydrogens is 293 g/mol. The molecule has 0 aliphatic carbocycles. The summed E-state index contributed by atoms with van der Waals surface area (Å²) in [6.07, 6.45) is -3.65. The molecule has 2 amide bonds. The van der Waals surface area contributed by atoms with Gasteiger partial charge in [0, 0.05) is 18.7 Å². The lowest BCUT2D eigenvalue weighted by Gasteiger charge is -2.29. The number of hydrogen-bond acceptors (Lipinski definition) is 3. The van der Waals surface area contributed by atoms with Crippen molar-refractivity contribution < 1.29 is 32.6 Å². The van der Waals surface area contributed by atoms with Gasteiger partial charge in [-0.25, -0.2) is 4.79 Å². The van der Waals surface area contributed by atoms with Crippen molar-refractivity contribution in [3.63, 3.8) is 0 Å². The van der Waals surface area contributed by atoms with Crippen LogP contribution in [0.25, 0.3) is 0 Å². The fraction of sp³-hybridized carbons (Fsp3) is 0.667. The number of ether oxygens (including phenoxy) is 1. The van der Waals surface area contributed by atoms with E-state index in [1.807, 2.05) is 0 Å². The molecule has 0 aromatic heterocycles. The van der Waals surface area contributed by atoms with Crippen LogP contribution in [0, 0.1) is 5.92 Å². The smallest absolute Gasteiger partial charge is 0.412 e. The number of carboxylic acid groups (broad SMARTS) is 1. The molecule has 0 aromatic carbocycles. The number of nitrogens with one attached hydrogen (secondary N) is 1. The lowest BCUT2D eigenvalue weighted by Crippen LogP contribution is -2.50. The van der Waals surface area contributed by atoms with Gasteiger partial charge in [-0.15, -0.1) is 0 Å². The van der Waals surface area contributed by atoms with Gasteiger partial charge in [-0.05, 0) is 6.42 Å². The summed E-state index contributed by atoms with van der Waals surface area (Å²) in [6.45, 7) is -0.104. The summed E-state index contributed by atoms with van der Waals surface area (Å²) >= 11 is 0. The summed E-state index contributed by atoms with van der Waals surface area (Å²) in [6, 6.07) is -1.24. The van der Waals surface area contributed by atoms with Crippen molar-refractivity contribution in [3.8, 4) is 0 Å². The minimum Gasteiger partial charge on any atom is -0.481 e. The van der Waals surface area contributed by atoms with E-state index < -0.39 is 35.7 Å². The maximum Gasteiger partial charge on any atom is 0.412 e. The van der Waals surface area contributed by atoms with Crippen LogP contribution < -0.4 is 5.32 Å². The number of alkyl halides is 3. The van der Waals surface area contributed by atoms with Crippen molar-refractivity contribution in [2.24, 2.45) is 5.92 Å². The van der Waals surface area contributed by atoms with Crippen molar-refractivity contribution in [3.05, 3.63) is 11.6 Å². The van der Waals surface area contributed by atoms with Crippen LogP contribution in [-0.4, -0.2) is 60.5 Å². The number of rotatable bonds is 2. The summed E-state index contributed by atoms with van der Waals surface area (Å²) in [5, 5.41) is 11.5. The van der Waals surface area contributed by atoms with E-state index in [9.17, 15) is 22.8 Å². The van der Waals surface area contributed by atoms with Gasteiger partial charge in [0.15, 0.2) is 0 Å². The Hall–Kier alpha value is -1.77. The topological polar surface area (TPSA) is 78.9 Å². The molecular formula is C12H15F3N2O4. The Morgan fingerprint density at radius 1 is 1.38 bits per heavy atom. The standard InChI is InChI=1S/C12H15F3N2O4/c13-12(14,15)7-1-3-17(4-2-7)11(20)16-9-6-21-5-8(9)10(18)19/h1,8-9H,2-6H2,(H,16,20)(H,18,19). The lowest BCUT2D eigenvalue weighted by atomic mass is 10.0. The number of urea groups is 1. The third kappa shape index (κ3) is 3.66. The molecule has 0 saturated carbocycles. The zero-order valence-electron chi connectivity index (χ0n) is 11.0. The van der Waals surface area contributed by atoms with Crippen molar-refractivity contribution in [1.82, 2.24) is 10.2 Å². The maximum absolute atomic E-state index is 12.5. The Kier molecular flexibility index (Phi) is 4.40. The first kappa shape index (κ1) is 15.6. The highest BCUT2D eigenvalue weighted by Gasteiger charge is 2.38. The van der Waals surface area contributed by atoms with Crippen LogP contribution in [0.1, 0.15) is 6.42 Å². The predicted octanol–water partition coefficient (Wildman–Crippen LogP) is 0.990. The van der Waals surface area contributed by atoms with Gasteiger partial charge in [0.05, 0.1) is 19.3 Å². The largest absolute Gasteiger partial charge is 0.481 e. The van der Waals surface area contributed by atoms with E-state index in [0.29, 0.717) is 0 Å². The lowest BCUT2D eigenvalue weighted by molar-refractivity contribution is -0.142. The third-order valence-electron chi connectivity index (χ3n) is 3.57. The van der Waals surface area contributed by atoms with Gasteiger partial charge in [0.25, 0.3) is 0 Å². The molecule has 2 rings (SSSR count). The number of halogens is 3. The molecule has 2 atom stereocenters. The molecule has 21 heavy (non-hydrogen) atoms. The number of aliphatic carboxylic acids is 1. The highest BCUT2D eigenvalue weighted by atomic mass is 19.4. The molecule has 118 valence electrons. The number of amides is 2. The van der Waals surface area contributed by atoms with Crippen molar-refractivity contribution in [2.75, 3.05) is 26.3 Å². The van der Waals surface area contributed by atoms with Gasteiger partial charge < -0.3 is 20.1 Å². The molecule has 9 heteroatoms. The monoisotopic (exact) mass is 308 g/mol. The fourth-order valence-corrected chi connectivity index (χ4v) is 2.30. The second kappa shape index (κ2) is 5.92. The normalized spacial score (nSPS) is 26.4. The zero-order chi connectivity index (χ0) is 15.6. The SMILES string of the molecule is O=C(O)C1COCC1NC(=O)N1CC=C(C(F)(F)F)CC1. The Balaban J connectivity index is 1.91. The van der Waals surface area contributed by atoms with Crippen molar-refractivity contribution in [1.29, 1.82) is 0 Å². The molecule has 0 aromatic rings. The molecule has 1 saturated heterocycles. The summed E-state index contributed by atoms with van der Waals surface area (Å²) in [7, 11) is 0. The number of carbonyl (C=O) groups excluding carboxylic acids is 1. The average Bonchev–Trinajstić information content (AvgIpc) is 2.86. The number of hydrogen-bond donors (Lipinski definition) is 2. The van der Waals surface area contributed by atoms with E-state index in [2.05, 4.69) is 5.32 Å².